The van der Waals surface area contributed by atoms with E-state index in [4.69, 9.17) is 5.11 Å². The lowest BCUT2D eigenvalue weighted by atomic mass is 10.2. The number of alkyl halides is 3. The number of anilines is 1. The van der Waals surface area contributed by atoms with Crippen LogP contribution >= 0.6 is 11.8 Å². The van der Waals surface area contributed by atoms with Gasteiger partial charge in [-0.25, -0.2) is 14.8 Å². The van der Waals surface area contributed by atoms with Gasteiger partial charge >= 0.3 is 11.5 Å². The zero-order valence-corrected chi connectivity index (χ0v) is 12.0. The molecule has 10 heteroatoms. The van der Waals surface area contributed by atoms with Gasteiger partial charge in [-0.1, -0.05) is 0 Å². The molecule has 0 aliphatic carbocycles. The topological polar surface area (TPSA) is 92.2 Å². The molecule has 1 aromatic carbocycles. The minimum absolute atomic E-state index is 0.0616. The van der Waals surface area contributed by atoms with Gasteiger partial charge in [0.1, 0.15) is 11.9 Å². The summed E-state index contributed by atoms with van der Waals surface area (Å²) in [7, 11) is 0. The molecule has 0 bridgehead atoms. The van der Waals surface area contributed by atoms with Gasteiger partial charge in [0.15, 0.2) is 5.82 Å². The second-order valence-electron chi connectivity index (χ2n) is 4.12. The number of carboxylic acids is 1. The number of nitrogens with one attached hydrogen (secondary N) is 1. The third-order valence-electron chi connectivity index (χ3n) is 2.52. The van der Waals surface area contributed by atoms with Crippen molar-refractivity contribution in [3.63, 3.8) is 0 Å². The molecule has 0 unspecified atom stereocenters. The predicted molar refractivity (Wildman–Crippen MR) is 75.3 cm³/mol. The first-order valence-electron chi connectivity index (χ1n) is 5.97. The number of hydrogen-bond acceptors (Lipinski definition) is 5. The van der Waals surface area contributed by atoms with Crippen LogP contribution < -0.4 is 5.32 Å². The van der Waals surface area contributed by atoms with Gasteiger partial charge in [-0.2, -0.15) is 13.2 Å². The van der Waals surface area contributed by atoms with Crippen molar-refractivity contribution in [3.8, 4) is 0 Å². The Kier molecular flexibility index (Phi) is 4.84. The molecule has 1 amide bonds. The second-order valence-corrected chi connectivity index (χ2v) is 5.25. The number of benzene rings is 1. The Morgan fingerprint density at radius 2 is 1.83 bits per heavy atom. The Bertz CT molecular complexity index is 735. The zero-order chi connectivity index (χ0) is 17.0. The average Bonchev–Trinajstić information content (AvgIpc) is 2.46. The van der Waals surface area contributed by atoms with E-state index in [1.54, 1.807) is 0 Å². The van der Waals surface area contributed by atoms with Crippen molar-refractivity contribution in [2.45, 2.75) is 10.4 Å². The van der Waals surface area contributed by atoms with Crippen molar-refractivity contribution in [2.24, 2.45) is 0 Å². The van der Waals surface area contributed by atoms with Gasteiger partial charge in [0.25, 0.3) is 5.91 Å². The number of carbonyl (C=O) groups is 2. The van der Waals surface area contributed by atoms with E-state index in [9.17, 15) is 22.8 Å². The molecule has 0 saturated carbocycles. The minimum atomic E-state index is -4.42. The van der Waals surface area contributed by atoms with Crippen molar-refractivity contribution in [3.05, 3.63) is 47.9 Å². The van der Waals surface area contributed by atoms with Crippen molar-refractivity contribution in [1.82, 2.24) is 9.97 Å². The number of aromatic carboxylic acids is 1. The lowest BCUT2D eigenvalue weighted by Gasteiger charge is -2.08. The Labute approximate surface area is 131 Å². The summed E-state index contributed by atoms with van der Waals surface area (Å²) in [6.45, 7) is 0. The molecule has 2 rings (SSSR count). The Morgan fingerprint density at radius 1 is 1.17 bits per heavy atom. The highest BCUT2D eigenvalue weighted by atomic mass is 32.2. The fraction of sp³-hybridized carbons (Fsp3) is 0.0769. The maximum Gasteiger partial charge on any atom is 0.446 e. The third kappa shape index (κ3) is 4.68. The van der Waals surface area contributed by atoms with Crippen LogP contribution in [0.15, 0.2) is 41.7 Å². The maximum atomic E-state index is 12.2. The van der Waals surface area contributed by atoms with E-state index in [2.05, 4.69) is 15.3 Å². The van der Waals surface area contributed by atoms with E-state index >= 15 is 0 Å². The molecular formula is C13H8F3N3O3S. The van der Waals surface area contributed by atoms with Crippen molar-refractivity contribution in [2.75, 3.05) is 5.32 Å². The number of carbonyl (C=O) groups excluding carboxylic acids is 1. The summed E-state index contributed by atoms with van der Waals surface area (Å²) < 4.78 is 36.7. The number of thioether (sulfide) groups is 1. The van der Waals surface area contributed by atoms with E-state index in [-0.39, 0.29) is 33.6 Å². The first kappa shape index (κ1) is 16.7. The molecule has 0 radical (unpaired) electrons. The second kappa shape index (κ2) is 6.65. The molecule has 0 saturated heterocycles. The van der Waals surface area contributed by atoms with Crippen LogP contribution in [0.4, 0.5) is 19.0 Å². The van der Waals surface area contributed by atoms with Crippen molar-refractivity contribution in [1.29, 1.82) is 0 Å². The zero-order valence-electron chi connectivity index (χ0n) is 11.2. The SMILES string of the molecule is O=C(Nc1ncncc1C(=O)O)c1ccc(SC(F)(F)F)cc1. The summed E-state index contributed by atoms with van der Waals surface area (Å²) in [6.07, 6.45) is 2.08. The average molecular weight is 343 g/mol. The molecule has 120 valence electrons. The van der Waals surface area contributed by atoms with Crippen LogP contribution in [-0.2, 0) is 0 Å². The van der Waals surface area contributed by atoms with E-state index in [1.807, 2.05) is 0 Å². The van der Waals surface area contributed by atoms with E-state index in [1.165, 1.54) is 12.1 Å². The molecule has 0 atom stereocenters. The number of hydrogen-bond donors (Lipinski definition) is 2. The number of halogens is 3. The number of amides is 1. The summed E-state index contributed by atoms with van der Waals surface area (Å²) >= 11 is -0.299. The number of carboxylic acid groups (broad SMARTS) is 1. The van der Waals surface area contributed by atoms with Gasteiger partial charge in [0.05, 0.1) is 0 Å². The molecule has 0 fully saturated rings. The summed E-state index contributed by atoms with van der Waals surface area (Å²) in [5.41, 5.74) is -4.65. The first-order valence-corrected chi connectivity index (χ1v) is 6.78. The lowest BCUT2D eigenvalue weighted by molar-refractivity contribution is -0.0328. The maximum absolute atomic E-state index is 12.2. The molecule has 2 aromatic rings. The van der Waals surface area contributed by atoms with Crippen LogP contribution in [0.5, 0.6) is 0 Å². The Hall–Kier alpha value is -2.62. The standard InChI is InChI=1S/C13H8F3N3O3S/c14-13(15,16)23-8-3-1-7(2-4-8)11(20)19-10-9(12(21)22)5-17-6-18-10/h1-6H,(H,21,22)(H,17,18,19,20). The lowest BCUT2D eigenvalue weighted by Crippen LogP contribution is -2.16. The van der Waals surface area contributed by atoms with Crippen LogP contribution in [-0.4, -0.2) is 32.5 Å². The van der Waals surface area contributed by atoms with Gasteiger partial charge in [-0.15, -0.1) is 0 Å². The monoisotopic (exact) mass is 343 g/mol. The van der Waals surface area contributed by atoms with Gasteiger partial charge < -0.3 is 10.4 Å². The molecule has 2 N–H and O–H groups in total. The molecule has 6 nitrogen and oxygen atoms in total. The summed E-state index contributed by atoms with van der Waals surface area (Å²) in [4.78, 5) is 30.1. The van der Waals surface area contributed by atoms with Crippen LogP contribution in [0.25, 0.3) is 0 Å². The third-order valence-corrected chi connectivity index (χ3v) is 3.26. The molecule has 0 spiro atoms. The highest BCUT2D eigenvalue weighted by Gasteiger charge is 2.29. The fourth-order valence-electron chi connectivity index (χ4n) is 1.57. The normalized spacial score (nSPS) is 11.1. The fourth-order valence-corrected chi connectivity index (χ4v) is 2.11. The van der Waals surface area contributed by atoms with Crippen LogP contribution in [0, 0.1) is 0 Å². The molecular weight excluding hydrogens is 335 g/mol. The van der Waals surface area contributed by atoms with Crippen molar-refractivity contribution < 1.29 is 27.9 Å². The summed E-state index contributed by atoms with van der Waals surface area (Å²) in [6, 6.07) is 4.69. The van der Waals surface area contributed by atoms with Gasteiger partial charge in [0, 0.05) is 16.7 Å². The van der Waals surface area contributed by atoms with Gasteiger partial charge in [-0.3, -0.25) is 4.79 Å². The molecule has 1 heterocycles. The van der Waals surface area contributed by atoms with E-state index in [0.717, 1.165) is 24.7 Å². The summed E-state index contributed by atoms with van der Waals surface area (Å²) in [5, 5.41) is 11.2. The van der Waals surface area contributed by atoms with E-state index < -0.39 is 17.4 Å². The van der Waals surface area contributed by atoms with Gasteiger partial charge in [0.2, 0.25) is 0 Å². The highest BCUT2D eigenvalue weighted by molar-refractivity contribution is 8.00. The minimum Gasteiger partial charge on any atom is -0.477 e. The first-order chi connectivity index (χ1) is 10.8. The number of nitrogens with zero attached hydrogens (tertiary/aromatic N) is 2. The smallest absolute Gasteiger partial charge is 0.446 e. The predicted octanol–water partition coefficient (Wildman–Crippen LogP) is 3.04. The quantitative estimate of drug-likeness (QED) is 0.829. The van der Waals surface area contributed by atoms with Crippen molar-refractivity contribution >= 4 is 29.5 Å². The van der Waals surface area contributed by atoms with Gasteiger partial charge in [-0.05, 0) is 36.0 Å². The Balaban J connectivity index is 2.14. The molecule has 23 heavy (non-hydrogen) atoms. The molecule has 0 aliphatic rings. The number of rotatable bonds is 4. The Morgan fingerprint density at radius 3 is 2.39 bits per heavy atom. The molecule has 1 aromatic heterocycles. The summed E-state index contributed by atoms with van der Waals surface area (Å²) in [5.74, 6) is -2.22. The largest absolute Gasteiger partial charge is 0.477 e. The van der Waals surface area contributed by atoms with Crippen LogP contribution in [0.1, 0.15) is 20.7 Å². The van der Waals surface area contributed by atoms with E-state index in [0.29, 0.717) is 0 Å². The van der Waals surface area contributed by atoms with Crippen LogP contribution in [0.3, 0.4) is 0 Å². The number of aromatic nitrogens is 2. The highest BCUT2D eigenvalue weighted by Crippen LogP contribution is 2.36. The van der Waals surface area contributed by atoms with Crippen LogP contribution in [0.2, 0.25) is 0 Å². The molecule has 0 aliphatic heterocycles.